The smallest absolute Gasteiger partial charge is 0.136 e. The van der Waals surface area contributed by atoms with Crippen molar-refractivity contribution in [1.29, 1.82) is 10.5 Å². The van der Waals surface area contributed by atoms with Crippen molar-refractivity contribution in [2.24, 2.45) is 0 Å². The maximum atomic E-state index is 9.58. The number of hydrogen-bond donors (Lipinski definition) is 1. The molecular formula is C27H18N4S. The van der Waals surface area contributed by atoms with Gasteiger partial charge < -0.3 is 9.88 Å². The van der Waals surface area contributed by atoms with E-state index in [9.17, 15) is 10.5 Å². The molecule has 0 radical (unpaired) electrons. The fourth-order valence-corrected chi connectivity index (χ4v) is 6.00. The number of nitrogens with zero attached hydrogens (tertiary/aromatic N) is 3. The second-order valence-corrected chi connectivity index (χ2v) is 9.07. The largest absolute Gasteiger partial charge is 0.358 e. The Bertz CT molecular complexity index is 1500. The van der Waals surface area contributed by atoms with Crippen molar-refractivity contribution in [3.05, 3.63) is 94.8 Å². The van der Waals surface area contributed by atoms with Crippen molar-refractivity contribution in [2.75, 3.05) is 0 Å². The van der Waals surface area contributed by atoms with Gasteiger partial charge in [-0.25, -0.2) is 0 Å². The van der Waals surface area contributed by atoms with Gasteiger partial charge in [0.25, 0.3) is 0 Å². The van der Waals surface area contributed by atoms with Crippen LogP contribution < -0.4 is 5.32 Å². The highest BCUT2D eigenvalue weighted by atomic mass is 32.2. The molecular weight excluding hydrogens is 412 g/mol. The zero-order valence-corrected chi connectivity index (χ0v) is 18.0. The maximum absolute atomic E-state index is 9.58. The number of benzene rings is 2. The Balaban J connectivity index is 1.65. The number of hydrogen-bond acceptors (Lipinski definition) is 4. The second-order valence-electron chi connectivity index (χ2n) is 8.02. The zero-order valence-electron chi connectivity index (χ0n) is 17.2. The number of fused-ring (bicyclic) bond motifs is 5. The first-order valence-electron chi connectivity index (χ1n) is 10.6. The fraction of sp³-hybridized carbons (Fsp3) is 0.111. The molecule has 1 atom stereocenters. The summed E-state index contributed by atoms with van der Waals surface area (Å²) in [6.45, 7) is 0. The molecule has 1 unspecified atom stereocenters. The van der Waals surface area contributed by atoms with Crippen molar-refractivity contribution in [3.8, 4) is 12.1 Å². The van der Waals surface area contributed by atoms with Crippen LogP contribution in [0.1, 0.15) is 23.2 Å². The van der Waals surface area contributed by atoms with Gasteiger partial charge in [0.1, 0.15) is 17.8 Å². The Morgan fingerprint density at radius 1 is 1.00 bits per heavy atom. The lowest BCUT2D eigenvalue weighted by Crippen LogP contribution is -2.28. The van der Waals surface area contributed by atoms with Crippen molar-refractivity contribution < 1.29 is 0 Å². The molecule has 0 bridgehead atoms. The minimum Gasteiger partial charge on any atom is -0.358 e. The molecule has 152 valence electrons. The molecule has 0 spiro atoms. The Kier molecular flexibility index (Phi) is 4.31. The van der Waals surface area contributed by atoms with Crippen LogP contribution in [0, 0.1) is 22.7 Å². The van der Waals surface area contributed by atoms with E-state index in [1.807, 2.05) is 30.0 Å². The number of dihydropyridines is 1. The van der Waals surface area contributed by atoms with Crippen LogP contribution in [-0.4, -0.2) is 10.6 Å². The Morgan fingerprint density at radius 3 is 2.72 bits per heavy atom. The van der Waals surface area contributed by atoms with Crippen LogP contribution in [0.15, 0.2) is 82.9 Å². The van der Waals surface area contributed by atoms with Gasteiger partial charge in [-0.3, -0.25) is 0 Å². The molecule has 2 aromatic carbocycles. The topological polar surface area (TPSA) is 64.5 Å². The summed E-state index contributed by atoms with van der Waals surface area (Å²) >= 11 is 1.81. The number of nitriles is 2. The summed E-state index contributed by atoms with van der Waals surface area (Å²) in [6.07, 6.45) is 10.2. The molecule has 2 aliphatic heterocycles. The molecule has 1 N–H and O–H groups in total. The number of thioether (sulfide) groups is 1. The fourth-order valence-electron chi connectivity index (χ4n) is 4.77. The van der Waals surface area contributed by atoms with Gasteiger partial charge >= 0.3 is 0 Å². The van der Waals surface area contributed by atoms with Crippen LogP contribution in [0.3, 0.4) is 0 Å². The normalized spacial score (nSPS) is 18.9. The van der Waals surface area contributed by atoms with Gasteiger partial charge in [-0.15, -0.1) is 0 Å². The molecule has 0 amide bonds. The number of aromatic nitrogens is 1. The van der Waals surface area contributed by atoms with Gasteiger partial charge in [0, 0.05) is 20.9 Å². The highest BCUT2D eigenvalue weighted by molar-refractivity contribution is 8.08. The maximum Gasteiger partial charge on any atom is 0.136 e. The van der Waals surface area contributed by atoms with Crippen LogP contribution in [-0.2, 0) is 6.42 Å². The monoisotopic (exact) mass is 430 g/mol. The average Bonchev–Trinajstić information content (AvgIpc) is 3.06. The second kappa shape index (κ2) is 7.34. The third-order valence-electron chi connectivity index (χ3n) is 6.18. The van der Waals surface area contributed by atoms with E-state index in [4.69, 9.17) is 0 Å². The van der Waals surface area contributed by atoms with Crippen molar-refractivity contribution in [1.82, 2.24) is 9.88 Å². The van der Waals surface area contributed by atoms with Crippen molar-refractivity contribution >= 4 is 39.3 Å². The van der Waals surface area contributed by atoms with Gasteiger partial charge in [-0.1, -0.05) is 60.3 Å². The summed E-state index contributed by atoms with van der Waals surface area (Å²) in [5, 5.41) is 23.3. The lowest BCUT2D eigenvalue weighted by Gasteiger charge is -2.24. The minimum absolute atomic E-state index is 0.407. The van der Waals surface area contributed by atoms with E-state index in [1.54, 1.807) is 0 Å². The molecule has 4 nitrogen and oxygen atoms in total. The zero-order chi connectivity index (χ0) is 21.7. The van der Waals surface area contributed by atoms with E-state index in [0.29, 0.717) is 5.70 Å². The lowest BCUT2D eigenvalue weighted by atomic mass is 9.94. The molecule has 32 heavy (non-hydrogen) atoms. The minimum atomic E-state index is -0.541. The third kappa shape index (κ3) is 2.83. The number of rotatable bonds is 1. The predicted molar refractivity (Wildman–Crippen MR) is 129 cm³/mol. The van der Waals surface area contributed by atoms with Gasteiger partial charge in [0.2, 0.25) is 0 Å². The summed E-state index contributed by atoms with van der Waals surface area (Å²) in [4.78, 5) is 2.49. The molecule has 3 aliphatic rings. The van der Waals surface area contributed by atoms with Gasteiger partial charge in [0.15, 0.2) is 0 Å². The molecule has 3 aromatic rings. The molecule has 0 fully saturated rings. The summed E-state index contributed by atoms with van der Waals surface area (Å²) in [7, 11) is 0. The van der Waals surface area contributed by atoms with Crippen molar-refractivity contribution in [3.63, 3.8) is 0 Å². The molecule has 5 heteroatoms. The number of allylic oxidation sites excluding steroid dienone is 5. The van der Waals surface area contributed by atoms with Crippen molar-refractivity contribution in [2.45, 2.75) is 23.8 Å². The van der Waals surface area contributed by atoms with E-state index in [0.717, 1.165) is 24.1 Å². The highest BCUT2D eigenvalue weighted by Crippen LogP contribution is 2.49. The van der Waals surface area contributed by atoms with Crippen LogP contribution in [0.5, 0.6) is 0 Å². The molecule has 0 saturated carbocycles. The summed E-state index contributed by atoms with van der Waals surface area (Å²) in [5.41, 5.74) is 7.44. The first kappa shape index (κ1) is 18.8. The molecule has 1 aliphatic carbocycles. The Labute approximate surface area is 190 Å². The van der Waals surface area contributed by atoms with Crippen LogP contribution in [0.25, 0.3) is 27.6 Å². The first-order chi connectivity index (χ1) is 15.8. The van der Waals surface area contributed by atoms with E-state index in [2.05, 4.69) is 76.6 Å². The quantitative estimate of drug-likeness (QED) is 0.525. The van der Waals surface area contributed by atoms with Gasteiger partial charge in [-0.2, -0.15) is 10.5 Å². The van der Waals surface area contributed by atoms with Crippen LogP contribution >= 0.6 is 11.8 Å². The standard InChI is InChI=1S/C27H18N4S/c28-15-19-13-21(14-20(16-29)30-19)31-24-7-3-2-6-22(24)23-12-11-18-10-9-17-5-1-4-8-25(17)32-27(18)26(23)31/h1-10,13-14,19,30H,11-12H2. The number of para-hydroxylation sites is 1. The van der Waals surface area contributed by atoms with Crippen LogP contribution in [0.2, 0.25) is 0 Å². The SMILES string of the molecule is N#CC1=CC(n2c3c(c4ccccc42)CCC2=C3Sc3ccccc3C=C2)=CC(C#N)N1. The Hall–Kier alpha value is -3.93. The van der Waals surface area contributed by atoms with E-state index in [-0.39, 0.29) is 0 Å². The molecule has 6 rings (SSSR count). The van der Waals surface area contributed by atoms with E-state index < -0.39 is 6.04 Å². The van der Waals surface area contributed by atoms with Gasteiger partial charge in [-0.05, 0) is 53.8 Å². The number of nitrogens with one attached hydrogen (secondary N) is 1. The lowest BCUT2D eigenvalue weighted by molar-refractivity contribution is 0.803. The predicted octanol–water partition coefficient (Wildman–Crippen LogP) is 5.86. The molecule has 1 aromatic heterocycles. The third-order valence-corrected chi connectivity index (χ3v) is 7.44. The summed E-state index contributed by atoms with van der Waals surface area (Å²) in [6, 6.07) is 20.8. The Morgan fingerprint density at radius 2 is 1.84 bits per heavy atom. The summed E-state index contributed by atoms with van der Waals surface area (Å²) in [5.74, 6) is 0. The first-order valence-corrected chi connectivity index (χ1v) is 11.4. The summed E-state index contributed by atoms with van der Waals surface area (Å²) < 4.78 is 2.25. The number of aryl methyl sites for hydroxylation is 1. The molecule has 0 saturated heterocycles. The molecule has 3 heterocycles. The average molecular weight is 431 g/mol. The van der Waals surface area contributed by atoms with Gasteiger partial charge in [0.05, 0.1) is 17.3 Å². The van der Waals surface area contributed by atoms with Crippen LogP contribution in [0.4, 0.5) is 0 Å². The van der Waals surface area contributed by atoms with E-state index in [1.165, 1.54) is 37.6 Å². The highest BCUT2D eigenvalue weighted by Gasteiger charge is 2.29. The van der Waals surface area contributed by atoms with E-state index >= 15 is 0 Å².